The lowest BCUT2D eigenvalue weighted by molar-refractivity contribution is -0.116. The van der Waals surface area contributed by atoms with Crippen molar-refractivity contribution in [2.45, 2.75) is 20.3 Å². The van der Waals surface area contributed by atoms with E-state index >= 15 is 0 Å². The number of anilines is 2. The van der Waals surface area contributed by atoms with Crippen LogP contribution >= 0.6 is 22.9 Å². The molecule has 156 valence electrons. The summed E-state index contributed by atoms with van der Waals surface area (Å²) < 4.78 is 1.79. The fourth-order valence-electron chi connectivity index (χ4n) is 3.95. The lowest BCUT2D eigenvalue weighted by atomic mass is 10.1. The molecule has 3 heterocycles. The number of amides is 2. The number of hydrogen-bond donors (Lipinski definition) is 1. The predicted molar refractivity (Wildman–Crippen MR) is 125 cm³/mol. The number of rotatable bonds is 3. The average Bonchev–Trinajstić information content (AvgIpc) is 3.43. The van der Waals surface area contributed by atoms with Crippen molar-refractivity contribution in [2.75, 3.05) is 16.8 Å². The van der Waals surface area contributed by atoms with Crippen LogP contribution in [0.5, 0.6) is 0 Å². The van der Waals surface area contributed by atoms with Gasteiger partial charge in [-0.05, 0) is 55.3 Å². The highest BCUT2D eigenvalue weighted by atomic mass is 35.5. The van der Waals surface area contributed by atoms with Gasteiger partial charge >= 0.3 is 0 Å². The summed E-state index contributed by atoms with van der Waals surface area (Å²) in [5.74, 6) is -0.142. The van der Waals surface area contributed by atoms with E-state index < -0.39 is 0 Å². The number of para-hydroxylation sites is 1. The molecule has 0 saturated heterocycles. The summed E-state index contributed by atoms with van der Waals surface area (Å²) in [6.45, 7) is 4.17. The van der Waals surface area contributed by atoms with E-state index in [9.17, 15) is 9.59 Å². The highest BCUT2D eigenvalue weighted by molar-refractivity contribution is 7.20. The first-order valence-corrected chi connectivity index (χ1v) is 11.1. The van der Waals surface area contributed by atoms with E-state index in [1.807, 2.05) is 55.5 Å². The van der Waals surface area contributed by atoms with E-state index in [-0.39, 0.29) is 11.8 Å². The topological polar surface area (TPSA) is 67.2 Å². The van der Waals surface area contributed by atoms with E-state index in [0.717, 1.165) is 45.0 Å². The van der Waals surface area contributed by atoms with Crippen molar-refractivity contribution in [2.24, 2.45) is 0 Å². The average molecular weight is 451 g/mol. The molecular formula is C23H19ClN4O2S. The minimum atomic E-state index is -0.173. The van der Waals surface area contributed by atoms with Crippen molar-refractivity contribution in [1.82, 2.24) is 9.78 Å². The quantitative estimate of drug-likeness (QED) is 0.466. The molecule has 0 atom stereocenters. The van der Waals surface area contributed by atoms with Crippen LogP contribution in [0.25, 0.3) is 15.9 Å². The molecular weight excluding hydrogens is 432 g/mol. The number of fused-ring (bicyclic) bond motifs is 2. The van der Waals surface area contributed by atoms with Crippen molar-refractivity contribution < 1.29 is 9.59 Å². The summed E-state index contributed by atoms with van der Waals surface area (Å²) in [4.78, 5) is 27.9. The molecule has 0 unspecified atom stereocenters. The smallest absolute Gasteiger partial charge is 0.265 e. The number of aromatic nitrogens is 2. The lowest BCUT2D eigenvalue weighted by Gasteiger charge is -2.15. The van der Waals surface area contributed by atoms with Crippen LogP contribution in [-0.4, -0.2) is 28.1 Å². The summed E-state index contributed by atoms with van der Waals surface area (Å²) in [6, 6.07) is 15.1. The second-order valence-electron chi connectivity index (χ2n) is 7.50. The van der Waals surface area contributed by atoms with Crippen LogP contribution < -0.4 is 10.2 Å². The van der Waals surface area contributed by atoms with Gasteiger partial charge in [0.1, 0.15) is 4.83 Å². The number of hydrogen-bond acceptors (Lipinski definition) is 4. The molecule has 0 aliphatic carbocycles. The zero-order chi connectivity index (χ0) is 21.7. The molecule has 0 bridgehead atoms. The highest BCUT2D eigenvalue weighted by Gasteiger charge is 2.23. The molecule has 1 aliphatic rings. The van der Waals surface area contributed by atoms with Gasteiger partial charge in [-0.25, -0.2) is 4.68 Å². The first kappa shape index (κ1) is 19.8. The van der Waals surface area contributed by atoms with Crippen molar-refractivity contribution >= 4 is 56.3 Å². The van der Waals surface area contributed by atoms with Gasteiger partial charge in [-0.3, -0.25) is 9.59 Å². The van der Waals surface area contributed by atoms with Gasteiger partial charge in [-0.15, -0.1) is 11.3 Å². The molecule has 0 radical (unpaired) electrons. The molecule has 2 amide bonds. The summed E-state index contributed by atoms with van der Waals surface area (Å²) in [6.07, 6.45) is 0.786. The molecule has 8 heteroatoms. The minimum Gasteiger partial charge on any atom is -0.321 e. The molecule has 0 saturated carbocycles. The van der Waals surface area contributed by atoms with Crippen molar-refractivity contribution in [1.29, 1.82) is 0 Å². The van der Waals surface area contributed by atoms with Gasteiger partial charge in [0, 0.05) is 30.2 Å². The van der Waals surface area contributed by atoms with Gasteiger partial charge < -0.3 is 10.2 Å². The fourth-order valence-corrected chi connectivity index (χ4v) is 5.23. The Morgan fingerprint density at radius 3 is 2.71 bits per heavy atom. The van der Waals surface area contributed by atoms with Gasteiger partial charge in [-0.2, -0.15) is 5.10 Å². The monoisotopic (exact) mass is 450 g/mol. The minimum absolute atomic E-state index is 0.0312. The SMILES string of the molecule is CC(=O)N1CCc2cc(NC(=O)c3cc4c(C)nn(-c5ccccc5Cl)c4s3)ccc21. The Bertz CT molecular complexity index is 1360. The fraction of sp³-hybridized carbons (Fsp3) is 0.174. The summed E-state index contributed by atoms with van der Waals surface area (Å²) in [5.41, 5.74) is 4.32. The summed E-state index contributed by atoms with van der Waals surface area (Å²) in [7, 11) is 0. The molecule has 0 fully saturated rings. The van der Waals surface area contributed by atoms with E-state index in [1.165, 1.54) is 11.3 Å². The van der Waals surface area contributed by atoms with Crippen LogP contribution in [0.1, 0.15) is 27.9 Å². The Kier molecular flexibility index (Phi) is 4.79. The number of carbonyl (C=O) groups excluding carboxylic acids is 2. The zero-order valence-electron chi connectivity index (χ0n) is 17.0. The maximum atomic E-state index is 13.0. The molecule has 4 aromatic rings. The zero-order valence-corrected chi connectivity index (χ0v) is 18.5. The number of aryl methyl sites for hydroxylation is 1. The van der Waals surface area contributed by atoms with Gasteiger partial charge in [0.25, 0.3) is 5.91 Å². The molecule has 2 aromatic carbocycles. The van der Waals surface area contributed by atoms with Crippen LogP contribution in [0, 0.1) is 6.92 Å². The van der Waals surface area contributed by atoms with Crippen LogP contribution in [0.2, 0.25) is 5.02 Å². The van der Waals surface area contributed by atoms with Gasteiger partial charge in [-0.1, -0.05) is 23.7 Å². The van der Waals surface area contributed by atoms with E-state index in [1.54, 1.807) is 16.5 Å². The molecule has 2 aromatic heterocycles. The third-order valence-electron chi connectivity index (χ3n) is 5.46. The molecule has 0 spiro atoms. The first-order valence-electron chi connectivity index (χ1n) is 9.89. The van der Waals surface area contributed by atoms with Crippen LogP contribution in [-0.2, 0) is 11.2 Å². The number of halogens is 1. The van der Waals surface area contributed by atoms with Gasteiger partial charge in [0.2, 0.25) is 5.91 Å². The second kappa shape index (κ2) is 7.51. The van der Waals surface area contributed by atoms with Crippen LogP contribution in [0.15, 0.2) is 48.5 Å². The maximum Gasteiger partial charge on any atom is 0.265 e. The van der Waals surface area contributed by atoms with Gasteiger partial charge in [0.05, 0.1) is 21.3 Å². The van der Waals surface area contributed by atoms with E-state index in [0.29, 0.717) is 16.4 Å². The molecule has 1 N–H and O–H groups in total. The van der Waals surface area contributed by atoms with E-state index in [4.69, 9.17) is 11.6 Å². The number of benzene rings is 2. The predicted octanol–water partition coefficient (Wildman–Crippen LogP) is 5.21. The molecule has 1 aliphatic heterocycles. The van der Waals surface area contributed by atoms with Crippen LogP contribution in [0.3, 0.4) is 0 Å². The Labute approximate surface area is 188 Å². The Morgan fingerprint density at radius 1 is 1.13 bits per heavy atom. The third kappa shape index (κ3) is 3.40. The number of nitrogens with zero attached hydrogens (tertiary/aromatic N) is 3. The standard InChI is InChI=1S/C23H19ClN4O2S/c1-13-17-12-21(31-23(17)28(26-13)20-6-4-3-5-18(20)24)22(30)25-16-7-8-19-15(11-16)9-10-27(19)14(2)29/h3-8,11-12H,9-10H2,1-2H3,(H,25,30). The Hall–Kier alpha value is -3.16. The summed E-state index contributed by atoms with van der Waals surface area (Å²) in [5, 5.41) is 9.12. The largest absolute Gasteiger partial charge is 0.321 e. The van der Waals surface area contributed by atoms with Crippen molar-refractivity contribution in [3.63, 3.8) is 0 Å². The van der Waals surface area contributed by atoms with Crippen molar-refractivity contribution in [3.05, 3.63) is 69.7 Å². The molecule has 31 heavy (non-hydrogen) atoms. The lowest BCUT2D eigenvalue weighted by Crippen LogP contribution is -2.25. The first-order chi connectivity index (χ1) is 14.9. The molecule has 6 nitrogen and oxygen atoms in total. The normalized spacial score (nSPS) is 12.9. The van der Waals surface area contributed by atoms with Crippen molar-refractivity contribution in [3.8, 4) is 5.69 Å². The Balaban J connectivity index is 1.44. The van der Waals surface area contributed by atoms with E-state index in [2.05, 4.69) is 10.4 Å². The number of thiophene rings is 1. The maximum absolute atomic E-state index is 13.0. The second-order valence-corrected chi connectivity index (χ2v) is 8.93. The summed E-state index contributed by atoms with van der Waals surface area (Å²) >= 11 is 7.74. The van der Waals surface area contributed by atoms with Gasteiger partial charge in [0.15, 0.2) is 0 Å². The van der Waals surface area contributed by atoms with Crippen LogP contribution in [0.4, 0.5) is 11.4 Å². The highest BCUT2D eigenvalue weighted by Crippen LogP contribution is 2.34. The number of nitrogens with one attached hydrogen (secondary N) is 1. The number of carbonyl (C=O) groups is 2. The third-order valence-corrected chi connectivity index (χ3v) is 6.89. The Morgan fingerprint density at radius 2 is 1.94 bits per heavy atom. The molecule has 5 rings (SSSR count).